The molecule has 1 aliphatic rings. The van der Waals surface area contributed by atoms with E-state index < -0.39 is 12.0 Å². The molecule has 0 aliphatic heterocycles. The number of likely N-dealkylation sites (N-methyl/N-ethyl adjacent to an activating group) is 1. The van der Waals surface area contributed by atoms with Crippen LogP contribution in [0, 0.1) is 0 Å². The van der Waals surface area contributed by atoms with Crippen molar-refractivity contribution in [2.45, 2.75) is 38.8 Å². The highest BCUT2D eigenvalue weighted by Gasteiger charge is 2.30. The molecule has 0 saturated heterocycles. The minimum atomic E-state index is -0.841. The predicted octanol–water partition coefficient (Wildman–Crippen LogP) is 1.28. The first-order valence-electron chi connectivity index (χ1n) is 7.37. The third-order valence-corrected chi connectivity index (χ3v) is 3.85. The summed E-state index contributed by atoms with van der Waals surface area (Å²) in [5.74, 6) is -0.841. The standard InChI is InChI=1S/C14H24N4O2/c1-3-17(4-2)8-7-16-13(14(19)20)12-9-15-10-18(12)11-5-6-11/h9-11,13,16H,3-8H2,1-2H3,(H,19,20). The van der Waals surface area contributed by atoms with Gasteiger partial charge in [0.1, 0.15) is 6.04 Å². The van der Waals surface area contributed by atoms with E-state index in [1.807, 2.05) is 4.57 Å². The quantitative estimate of drug-likeness (QED) is 0.713. The van der Waals surface area contributed by atoms with Crippen LogP contribution in [0.1, 0.15) is 44.5 Å². The molecule has 20 heavy (non-hydrogen) atoms. The van der Waals surface area contributed by atoms with Gasteiger partial charge in [-0.1, -0.05) is 13.8 Å². The maximum Gasteiger partial charge on any atom is 0.326 e. The lowest BCUT2D eigenvalue weighted by molar-refractivity contribution is -0.139. The summed E-state index contributed by atoms with van der Waals surface area (Å²) in [7, 11) is 0. The van der Waals surface area contributed by atoms with Crippen LogP contribution in [0.25, 0.3) is 0 Å². The molecule has 1 unspecified atom stereocenters. The van der Waals surface area contributed by atoms with Gasteiger partial charge in [-0.3, -0.25) is 10.1 Å². The van der Waals surface area contributed by atoms with Crippen LogP contribution in [-0.4, -0.2) is 51.7 Å². The SMILES string of the molecule is CCN(CC)CCNC(C(=O)O)c1cncn1C1CC1. The van der Waals surface area contributed by atoms with E-state index in [2.05, 4.69) is 29.0 Å². The lowest BCUT2D eigenvalue weighted by Crippen LogP contribution is -2.37. The third kappa shape index (κ3) is 3.58. The molecule has 2 N–H and O–H groups in total. The average molecular weight is 280 g/mol. The number of hydrogen-bond donors (Lipinski definition) is 2. The van der Waals surface area contributed by atoms with E-state index in [0.29, 0.717) is 12.6 Å². The smallest absolute Gasteiger partial charge is 0.326 e. The summed E-state index contributed by atoms with van der Waals surface area (Å²) in [5.41, 5.74) is 0.763. The van der Waals surface area contributed by atoms with Gasteiger partial charge in [-0.15, -0.1) is 0 Å². The van der Waals surface area contributed by atoms with Crippen LogP contribution in [-0.2, 0) is 4.79 Å². The molecule has 0 aromatic carbocycles. The summed E-state index contributed by atoms with van der Waals surface area (Å²) in [6.07, 6.45) is 5.65. The third-order valence-electron chi connectivity index (χ3n) is 3.85. The second-order valence-corrected chi connectivity index (χ2v) is 5.21. The summed E-state index contributed by atoms with van der Waals surface area (Å²) in [6, 6.07) is -0.229. The molecular weight excluding hydrogens is 256 g/mol. The highest BCUT2D eigenvalue weighted by molar-refractivity contribution is 5.74. The van der Waals surface area contributed by atoms with E-state index >= 15 is 0 Å². The number of nitrogens with one attached hydrogen (secondary N) is 1. The summed E-state index contributed by atoms with van der Waals surface area (Å²) < 4.78 is 2.00. The second kappa shape index (κ2) is 6.85. The minimum Gasteiger partial charge on any atom is -0.480 e. The van der Waals surface area contributed by atoms with Crippen molar-refractivity contribution >= 4 is 5.97 Å². The van der Waals surface area contributed by atoms with Crippen LogP contribution >= 0.6 is 0 Å². The zero-order chi connectivity index (χ0) is 14.5. The molecule has 1 aliphatic carbocycles. The first-order chi connectivity index (χ1) is 9.67. The number of hydrogen-bond acceptors (Lipinski definition) is 4. The minimum absolute atomic E-state index is 0.443. The number of imidazole rings is 1. The maximum absolute atomic E-state index is 11.5. The van der Waals surface area contributed by atoms with Crippen molar-refractivity contribution in [2.24, 2.45) is 0 Å². The van der Waals surface area contributed by atoms with Gasteiger partial charge in [0.15, 0.2) is 0 Å². The lowest BCUT2D eigenvalue weighted by Gasteiger charge is -2.21. The largest absolute Gasteiger partial charge is 0.480 e. The summed E-state index contributed by atoms with van der Waals surface area (Å²) in [5, 5.41) is 12.6. The molecule has 1 heterocycles. The molecule has 6 heteroatoms. The fourth-order valence-corrected chi connectivity index (χ4v) is 2.42. The normalized spacial score (nSPS) is 16.6. The van der Waals surface area contributed by atoms with Gasteiger partial charge >= 0.3 is 5.97 Å². The molecule has 1 saturated carbocycles. The Morgan fingerprint density at radius 3 is 2.80 bits per heavy atom. The van der Waals surface area contributed by atoms with Gasteiger partial charge in [-0.05, 0) is 25.9 Å². The highest BCUT2D eigenvalue weighted by atomic mass is 16.4. The Morgan fingerprint density at radius 2 is 2.25 bits per heavy atom. The number of aromatic nitrogens is 2. The monoisotopic (exact) mass is 280 g/mol. The molecule has 0 radical (unpaired) electrons. The van der Waals surface area contributed by atoms with E-state index in [9.17, 15) is 9.90 Å². The number of carboxylic acids is 1. The molecule has 2 rings (SSSR count). The van der Waals surface area contributed by atoms with Gasteiger partial charge in [0, 0.05) is 19.1 Å². The molecular formula is C14H24N4O2. The van der Waals surface area contributed by atoms with Crippen molar-refractivity contribution in [3.8, 4) is 0 Å². The van der Waals surface area contributed by atoms with Crippen molar-refractivity contribution in [1.29, 1.82) is 0 Å². The van der Waals surface area contributed by atoms with Crippen LogP contribution in [0.2, 0.25) is 0 Å². The molecule has 1 aromatic heterocycles. The Labute approximate surface area is 119 Å². The number of carboxylic acid groups (broad SMARTS) is 1. The van der Waals surface area contributed by atoms with Crippen molar-refractivity contribution in [3.05, 3.63) is 18.2 Å². The Kier molecular flexibility index (Phi) is 5.14. The van der Waals surface area contributed by atoms with Crippen LogP contribution in [0.15, 0.2) is 12.5 Å². The van der Waals surface area contributed by atoms with Gasteiger partial charge in [0.25, 0.3) is 0 Å². The molecule has 1 fully saturated rings. The van der Waals surface area contributed by atoms with E-state index in [-0.39, 0.29) is 0 Å². The number of nitrogens with zero attached hydrogens (tertiary/aromatic N) is 3. The maximum atomic E-state index is 11.5. The summed E-state index contributed by atoms with van der Waals surface area (Å²) in [4.78, 5) is 17.9. The van der Waals surface area contributed by atoms with Gasteiger partial charge < -0.3 is 14.6 Å². The van der Waals surface area contributed by atoms with Crippen LogP contribution < -0.4 is 5.32 Å². The first kappa shape index (κ1) is 15.0. The number of carbonyl (C=O) groups is 1. The number of aliphatic carboxylic acids is 1. The fourth-order valence-electron chi connectivity index (χ4n) is 2.42. The van der Waals surface area contributed by atoms with Crippen molar-refractivity contribution in [2.75, 3.05) is 26.2 Å². The molecule has 6 nitrogen and oxygen atoms in total. The van der Waals surface area contributed by atoms with E-state index in [0.717, 1.165) is 38.2 Å². The van der Waals surface area contributed by atoms with E-state index in [4.69, 9.17) is 0 Å². The lowest BCUT2D eigenvalue weighted by atomic mass is 10.2. The molecule has 0 bridgehead atoms. The topological polar surface area (TPSA) is 70.4 Å². The van der Waals surface area contributed by atoms with Gasteiger partial charge in [-0.25, -0.2) is 4.98 Å². The Bertz CT molecular complexity index is 438. The molecule has 0 amide bonds. The van der Waals surface area contributed by atoms with Crippen LogP contribution in [0.4, 0.5) is 0 Å². The van der Waals surface area contributed by atoms with Crippen LogP contribution in [0.5, 0.6) is 0 Å². The molecule has 1 atom stereocenters. The van der Waals surface area contributed by atoms with Gasteiger partial charge in [-0.2, -0.15) is 0 Å². The summed E-state index contributed by atoms with van der Waals surface area (Å²) >= 11 is 0. The zero-order valence-corrected chi connectivity index (χ0v) is 12.2. The summed E-state index contributed by atoms with van der Waals surface area (Å²) in [6.45, 7) is 7.70. The van der Waals surface area contributed by atoms with E-state index in [1.54, 1.807) is 12.5 Å². The Balaban J connectivity index is 1.96. The molecule has 0 spiro atoms. The average Bonchev–Trinajstić information content (AvgIpc) is 3.17. The number of rotatable bonds is 9. The Morgan fingerprint density at radius 1 is 1.55 bits per heavy atom. The predicted molar refractivity (Wildman–Crippen MR) is 76.7 cm³/mol. The van der Waals surface area contributed by atoms with Gasteiger partial charge in [0.05, 0.1) is 18.2 Å². The van der Waals surface area contributed by atoms with Crippen molar-refractivity contribution in [1.82, 2.24) is 19.8 Å². The van der Waals surface area contributed by atoms with Gasteiger partial charge in [0.2, 0.25) is 0 Å². The zero-order valence-electron chi connectivity index (χ0n) is 12.2. The highest BCUT2D eigenvalue weighted by Crippen LogP contribution is 2.36. The van der Waals surface area contributed by atoms with Crippen LogP contribution in [0.3, 0.4) is 0 Å². The second-order valence-electron chi connectivity index (χ2n) is 5.21. The molecule has 112 valence electrons. The first-order valence-corrected chi connectivity index (χ1v) is 7.37. The van der Waals surface area contributed by atoms with Crippen molar-refractivity contribution < 1.29 is 9.90 Å². The Hall–Kier alpha value is -1.40. The molecule has 1 aromatic rings. The van der Waals surface area contributed by atoms with E-state index in [1.165, 1.54) is 0 Å². The van der Waals surface area contributed by atoms with Crippen molar-refractivity contribution in [3.63, 3.8) is 0 Å². The fraction of sp³-hybridized carbons (Fsp3) is 0.714.